The SMILES string of the molecule is COCCS(=O)(=O)NCC(C)(C)CN. The van der Waals surface area contributed by atoms with Crippen LogP contribution in [0.1, 0.15) is 13.8 Å². The van der Waals surface area contributed by atoms with Gasteiger partial charge in [-0.15, -0.1) is 0 Å². The van der Waals surface area contributed by atoms with E-state index in [9.17, 15) is 8.42 Å². The van der Waals surface area contributed by atoms with E-state index in [1.54, 1.807) is 0 Å². The number of methoxy groups -OCH3 is 1. The first-order valence-electron chi connectivity index (χ1n) is 4.49. The fraction of sp³-hybridized carbons (Fsp3) is 1.00. The Kier molecular flexibility index (Phi) is 5.58. The lowest BCUT2D eigenvalue weighted by Gasteiger charge is -2.22. The summed E-state index contributed by atoms with van der Waals surface area (Å²) in [6.45, 7) is 4.82. The van der Waals surface area contributed by atoms with Crippen LogP contribution in [0.3, 0.4) is 0 Å². The Labute approximate surface area is 86.1 Å². The van der Waals surface area contributed by atoms with Crippen molar-refractivity contribution >= 4 is 10.0 Å². The van der Waals surface area contributed by atoms with Gasteiger partial charge in [0.2, 0.25) is 10.0 Å². The third-order valence-electron chi connectivity index (χ3n) is 1.88. The zero-order chi connectivity index (χ0) is 11.2. The van der Waals surface area contributed by atoms with Gasteiger partial charge in [-0.1, -0.05) is 13.8 Å². The van der Waals surface area contributed by atoms with Crippen molar-refractivity contribution in [2.75, 3.05) is 32.6 Å². The number of nitrogens with two attached hydrogens (primary N) is 1. The summed E-state index contributed by atoms with van der Waals surface area (Å²) >= 11 is 0. The van der Waals surface area contributed by atoms with Crippen molar-refractivity contribution in [1.82, 2.24) is 4.72 Å². The van der Waals surface area contributed by atoms with Gasteiger partial charge in [0.15, 0.2) is 0 Å². The van der Waals surface area contributed by atoms with E-state index >= 15 is 0 Å². The molecule has 0 aliphatic heterocycles. The van der Waals surface area contributed by atoms with Gasteiger partial charge >= 0.3 is 0 Å². The largest absolute Gasteiger partial charge is 0.384 e. The number of nitrogens with one attached hydrogen (secondary N) is 1. The molecule has 0 atom stereocenters. The molecule has 0 aromatic carbocycles. The molecule has 0 rings (SSSR count). The average Bonchev–Trinajstić information content (AvgIpc) is 2.12. The molecule has 86 valence electrons. The van der Waals surface area contributed by atoms with Crippen LogP contribution < -0.4 is 10.5 Å². The fourth-order valence-electron chi connectivity index (χ4n) is 0.643. The van der Waals surface area contributed by atoms with Crippen LogP contribution in [0.15, 0.2) is 0 Å². The Morgan fingerprint density at radius 3 is 2.43 bits per heavy atom. The summed E-state index contributed by atoms with van der Waals surface area (Å²) in [5, 5.41) is 0. The first-order valence-corrected chi connectivity index (χ1v) is 6.14. The van der Waals surface area contributed by atoms with Crippen molar-refractivity contribution < 1.29 is 13.2 Å². The number of hydrogen-bond donors (Lipinski definition) is 2. The van der Waals surface area contributed by atoms with Crippen molar-refractivity contribution in [2.45, 2.75) is 13.8 Å². The van der Waals surface area contributed by atoms with Gasteiger partial charge in [-0.3, -0.25) is 0 Å². The molecule has 0 spiro atoms. The predicted molar refractivity (Wildman–Crippen MR) is 56.5 cm³/mol. The van der Waals surface area contributed by atoms with Gasteiger partial charge in [0.05, 0.1) is 12.4 Å². The molecule has 0 heterocycles. The van der Waals surface area contributed by atoms with Crippen molar-refractivity contribution in [3.63, 3.8) is 0 Å². The van der Waals surface area contributed by atoms with Crippen LogP contribution in [0.2, 0.25) is 0 Å². The second kappa shape index (κ2) is 5.65. The van der Waals surface area contributed by atoms with Crippen molar-refractivity contribution in [3.05, 3.63) is 0 Å². The molecule has 0 amide bonds. The Bertz CT molecular complexity index is 249. The second-order valence-corrected chi connectivity index (χ2v) is 5.93. The van der Waals surface area contributed by atoms with Crippen molar-refractivity contribution in [1.29, 1.82) is 0 Å². The van der Waals surface area contributed by atoms with Crippen molar-refractivity contribution in [2.24, 2.45) is 11.1 Å². The summed E-state index contributed by atoms with van der Waals surface area (Å²) in [5.74, 6) is -0.00977. The summed E-state index contributed by atoms with van der Waals surface area (Å²) < 4.78 is 29.8. The van der Waals surface area contributed by atoms with Crippen LogP contribution >= 0.6 is 0 Å². The molecule has 0 aliphatic rings. The minimum atomic E-state index is -3.22. The van der Waals surface area contributed by atoms with Crippen LogP contribution in [0.4, 0.5) is 0 Å². The molecule has 0 aliphatic carbocycles. The average molecular weight is 224 g/mol. The van der Waals surface area contributed by atoms with Crippen LogP contribution in [-0.4, -0.2) is 41.0 Å². The standard InChI is InChI=1S/C8H20N2O3S/c1-8(2,6-9)7-10-14(11,12)5-4-13-3/h10H,4-7,9H2,1-3H3. The first-order chi connectivity index (χ1) is 6.33. The topological polar surface area (TPSA) is 81.4 Å². The van der Waals surface area contributed by atoms with E-state index in [2.05, 4.69) is 4.72 Å². The van der Waals surface area contributed by atoms with Gasteiger partial charge < -0.3 is 10.5 Å². The van der Waals surface area contributed by atoms with Gasteiger partial charge in [-0.05, 0) is 12.0 Å². The van der Waals surface area contributed by atoms with Crippen molar-refractivity contribution in [3.8, 4) is 0 Å². The number of hydrogen-bond acceptors (Lipinski definition) is 4. The molecule has 0 bridgehead atoms. The van der Waals surface area contributed by atoms with Crippen LogP contribution in [0.25, 0.3) is 0 Å². The van der Waals surface area contributed by atoms with Gasteiger partial charge in [0.25, 0.3) is 0 Å². The monoisotopic (exact) mass is 224 g/mol. The van der Waals surface area contributed by atoms with E-state index in [0.717, 1.165) is 0 Å². The van der Waals surface area contributed by atoms with Gasteiger partial charge in [0, 0.05) is 13.7 Å². The van der Waals surface area contributed by atoms with E-state index in [0.29, 0.717) is 13.1 Å². The summed E-state index contributed by atoms with van der Waals surface area (Å²) in [6, 6.07) is 0. The lowest BCUT2D eigenvalue weighted by atomic mass is 9.95. The molecule has 6 heteroatoms. The molecule has 3 N–H and O–H groups in total. The third-order valence-corrected chi connectivity index (χ3v) is 3.17. The zero-order valence-electron chi connectivity index (χ0n) is 9.04. The van der Waals surface area contributed by atoms with Gasteiger partial charge in [-0.2, -0.15) is 0 Å². The first kappa shape index (κ1) is 13.8. The molecule has 0 saturated carbocycles. The Morgan fingerprint density at radius 1 is 1.43 bits per heavy atom. The molecule has 14 heavy (non-hydrogen) atoms. The minimum absolute atomic E-state index is 0.00977. The summed E-state index contributed by atoms with van der Waals surface area (Å²) in [6.07, 6.45) is 0. The highest BCUT2D eigenvalue weighted by molar-refractivity contribution is 7.89. The van der Waals surface area contributed by atoms with E-state index in [1.165, 1.54) is 7.11 Å². The smallest absolute Gasteiger partial charge is 0.213 e. The quantitative estimate of drug-likeness (QED) is 0.613. The Hall–Kier alpha value is -0.170. The maximum Gasteiger partial charge on any atom is 0.213 e. The van der Waals surface area contributed by atoms with Crippen LogP contribution in [0, 0.1) is 5.41 Å². The number of rotatable bonds is 7. The van der Waals surface area contributed by atoms with E-state index in [1.807, 2.05) is 13.8 Å². The van der Waals surface area contributed by atoms with Crippen LogP contribution in [0.5, 0.6) is 0 Å². The molecule has 5 nitrogen and oxygen atoms in total. The Balaban J connectivity index is 4.00. The summed E-state index contributed by atoms with van der Waals surface area (Å²) in [4.78, 5) is 0. The second-order valence-electron chi connectivity index (χ2n) is 4.00. The normalized spacial score (nSPS) is 13.1. The lowest BCUT2D eigenvalue weighted by molar-refractivity contribution is 0.216. The molecule has 0 aromatic heterocycles. The van der Waals surface area contributed by atoms with E-state index in [-0.39, 0.29) is 17.8 Å². The maximum atomic E-state index is 11.3. The number of sulfonamides is 1. The maximum absolute atomic E-state index is 11.3. The Morgan fingerprint density at radius 2 is 2.00 bits per heavy atom. The lowest BCUT2D eigenvalue weighted by Crippen LogP contribution is -2.39. The van der Waals surface area contributed by atoms with E-state index < -0.39 is 10.0 Å². The van der Waals surface area contributed by atoms with E-state index in [4.69, 9.17) is 10.5 Å². The molecule has 0 fully saturated rings. The highest BCUT2D eigenvalue weighted by atomic mass is 32.2. The molecular formula is C8H20N2O3S. The summed E-state index contributed by atoms with van der Waals surface area (Å²) in [7, 11) is -1.75. The molecule has 0 aromatic rings. The highest BCUT2D eigenvalue weighted by Crippen LogP contribution is 2.10. The summed E-state index contributed by atoms with van der Waals surface area (Å²) in [5.41, 5.74) is 5.27. The predicted octanol–water partition coefficient (Wildman–Crippen LogP) is -0.463. The highest BCUT2D eigenvalue weighted by Gasteiger charge is 2.19. The minimum Gasteiger partial charge on any atom is -0.384 e. The van der Waals surface area contributed by atoms with Crippen LogP contribution in [-0.2, 0) is 14.8 Å². The molecule has 0 saturated heterocycles. The van der Waals surface area contributed by atoms with Gasteiger partial charge in [-0.25, -0.2) is 13.1 Å². The molecular weight excluding hydrogens is 204 g/mol. The fourth-order valence-corrected chi connectivity index (χ4v) is 1.78. The molecule has 0 unspecified atom stereocenters. The number of ether oxygens (including phenoxy) is 1. The van der Waals surface area contributed by atoms with Gasteiger partial charge in [0.1, 0.15) is 0 Å². The zero-order valence-corrected chi connectivity index (χ0v) is 9.86. The molecule has 0 radical (unpaired) electrons. The third kappa shape index (κ3) is 6.31.